The average Bonchev–Trinajstić information content (AvgIpc) is 3.53. The molecular weight excluding hydrogens is 838 g/mol. The maximum Gasteiger partial charge on any atom is 0.330 e. The Morgan fingerprint density at radius 3 is 1.96 bits per heavy atom. The fourth-order valence-electron chi connectivity index (χ4n) is 6.77. The van der Waals surface area contributed by atoms with Gasteiger partial charge in [-0.15, -0.1) is 0 Å². The van der Waals surface area contributed by atoms with E-state index in [9.17, 15) is 14.9 Å². The van der Waals surface area contributed by atoms with Gasteiger partial charge in [-0.1, -0.05) is 54.6 Å². The molecule has 2 heterocycles. The summed E-state index contributed by atoms with van der Waals surface area (Å²) in [7, 11) is 2.98. The van der Waals surface area contributed by atoms with Crippen molar-refractivity contribution >= 4 is 31.1 Å². The Hall–Kier alpha value is -3.65. The van der Waals surface area contributed by atoms with Crippen LogP contribution in [0.5, 0.6) is 11.5 Å². The first kappa shape index (κ1) is 42.5. The van der Waals surface area contributed by atoms with Crippen molar-refractivity contribution in [2.24, 2.45) is 0 Å². The molecule has 1 aliphatic heterocycles. The molecule has 294 valence electrons. The van der Waals surface area contributed by atoms with E-state index in [0.29, 0.717) is 15.1 Å². The van der Waals surface area contributed by atoms with Crippen LogP contribution in [-0.4, -0.2) is 79.2 Å². The molecule has 0 bridgehead atoms. The number of methoxy groups -OCH3 is 3. The first-order chi connectivity index (χ1) is 26.5. The molecule has 1 aliphatic rings. The van der Waals surface area contributed by atoms with Crippen LogP contribution in [0.1, 0.15) is 57.0 Å². The minimum absolute atomic E-state index is 0.0151. The number of aromatic nitrogens is 2. The summed E-state index contributed by atoms with van der Waals surface area (Å²) in [5.74, 6) is 1.37. The molecule has 0 saturated carbocycles. The zero-order chi connectivity index (χ0) is 39.7. The minimum atomic E-state index is -1.78. The summed E-state index contributed by atoms with van der Waals surface area (Å²) < 4.78 is 48.1. The Morgan fingerprint density at radius 2 is 1.45 bits per heavy atom. The molecule has 3 aromatic carbocycles. The number of rotatable bonds is 18. The van der Waals surface area contributed by atoms with E-state index in [0.717, 1.165) is 16.7 Å². The summed E-state index contributed by atoms with van der Waals surface area (Å²) in [4.78, 5) is 28.1. The number of nitrogens with zero attached hydrogens (tertiary/aromatic N) is 3. The lowest BCUT2D eigenvalue weighted by molar-refractivity contribution is -0.0958. The largest absolute Gasteiger partial charge is 0.497 e. The minimum Gasteiger partial charge on any atom is -0.497 e. The summed E-state index contributed by atoms with van der Waals surface area (Å²) in [5.41, 5.74) is 0.131. The van der Waals surface area contributed by atoms with Crippen molar-refractivity contribution in [2.45, 2.75) is 76.3 Å². The average molecular weight is 887 g/mol. The highest BCUT2D eigenvalue weighted by Crippen LogP contribution is 2.51. The molecule has 5 rings (SSSR count). The van der Waals surface area contributed by atoms with Gasteiger partial charge in [0.2, 0.25) is 0 Å². The number of hydrogen-bond donors (Lipinski definition) is 1. The second kappa shape index (κ2) is 19.5. The third kappa shape index (κ3) is 9.49. The Morgan fingerprint density at radius 1 is 0.891 bits per heavy atom. The monoisotopic (exact) mass is 886 g/mol. The summed E-state index contributed by atoms with van der Waals surface area (Å²) in [6.45, 7) is 8.30. The fourth-order valence-corrected chi connectivity index (χ4v) is 8.98. The van der Waals surface area contributed by atoms with E-state index >= 15 is 0 Å². The second-order valence-electron chi connectivity index (χ2n) is 13.3. The van der Waals surface area contributed by atoms with Crippen LogP contribution < -0.4 is 20.7 Å². The predicted octanol–water partition coefficient (Wildman–Crippen LogP) is 6.74. The third-order valence-electron chi connectivity index (χ3n) is 9.27. The summed E-state index contributed by atoms with van der Waals surface area (Å²) >= 11 is 1.88. The molecule has 0 amide bonds. The number of hydrogen-bond acceptors (Lipinski definition) is 11. The summed E-state index contributed by atoms with van der Waals surface area (Å²) in [6.07, 6.45) is -1.94. The Bertz CT molecular complexity index is 1930. The molecule has 1 saturated heterocycles. The Labute approximate surface area is 336 Å². The molecule has 13 nitrogen and oxygen atoms in total. The van der Waals surface area contributed by atoms with E-state index in [4.69, 9.17) is 32.7 Å². The molecule has 0 aliphatic carbocycles. The smallest absolute Gasteiger partial charge is 0.330 e. The maximum absolute atomic E-state index is 13.3. The van der Waals surface area contributed by atoms with Gasteiger partial charge in [0.05, 0.1) is 43.5 Å². The highest BCUT2D eigenvalue weighted by molar-refractivity contribution is 14.1. The number of ether oxygens (including phenoxy) is 5. The van der Waals surface area contributed by atoms with E-state index in [1.165, 1.54) is 17.9 Å². The van der Waals surface area contributed by atoms with Crippen LogP contribution in [0.4, 0.5) is 0 Å². The number of nitrogens with one attached hydrogen (secondary N) is 1. The van der Waals surface area contributed by atoms with Crippen molar-refractivity contribution in [1.82, 2.24) is 14.2 Å². The molecule has 1 aromatic heterocycles. The zero-order valence-electron chi connectivity index (χ0n) is 32.0. The lowest BCUT2D eigenvalue weighted by Crippen LogP contribution is -2.43. The molecule has 0 spiro atoms. The van der Waals surface area contributed by atoms with Crippen molar-refractivity contribution in [3.05, 3.63) is 126 Å². The van der Waals surface area contributed by atoms with Crippen LogP contribution in [0.15, 0.2) is 94.6 Å². The van der Waals surface area contributed by atoms with E-state index in [1.54, 1.807) is 14.2 Å². The first-order valence-electron chi connectivity index (χ1n) is 17.9. The summed E-state index contributed by atoms with van der Waals surface area (Å²) in [6, 6.07) is 27.5. The SMILES string of the molecule is COc1ccc(C(OC[C@H]2O[C@@H](n3cc(I)c(=O)[nH]c3=O)[C@H](OC)[C@H]2OP(OCCC#N)N(C(C)C)C(C)C)(c2ccccc2)c2ccc(OC)cc2)cc1. The number of benzene rings is 3. The number of halogens is 1. The topological polar surface area (TPSA) is 147 Å². The second-order valence-corrected chi connectivity index (χ2v) is 15.9. The van der Waals surface area contributed by atoms with Crippen LogP contribution in [0.3, 0.4) is 0 Å². The van der Waals surface area contributed by atoms with Crippen molar-refractivity contribution in [1.29, 1.82) is 5.26 Å². The molecule has 55 heavy (non-hydrogen) atoms. The highest BCUT2D eigenvalue weighted by Gasteiger charge is 2.51. The fraction of sp³-hybridized carbons (Fsp3) is 0.425. The predicted molar refractivity (Wildman–Crippen MR) is 217 cm³/mol. The van der Waals surface area contributed by atoms with Gasteiger partial charge in [0.25, 0.3) is 14.1 Å². The molecule has 5 atom stereocenters. The van der Waals surface area contributed by atoms with Gasteiger partial charge in [0, 0.05) is 25.4 Å². The Balaban J connectivity index is 1.66. The first-order valence-corrected chi connectivity index (χ1v) is 20.1. The van der Waals surface area contributed by atoms with E-state index in [1.807, 2.05) is 101 Å². The molecule has 4 aromatic rings. The van der Waals surface area contributed by atoms with Gasteiger partial charge in [0.1, 0.15) is 35.4 Å². The quantitative estimate of drug-likeness (QED) is 0.0491. The van der Waals surface area contributed by atoms with Gasteiger partial charge in [-0.3, -0.25) is 14.3 Å². The van der Waals surface area contributed by atoms with Crippen molar-refractivity contribution in [3.63, 3.8) is 0 Å². The van der Waals surface area contributed by atoms with Crippen molar-refractivity contribution < 1.29 is 32.7 Å². The van der Waals surface area contributed by atoms with Crippen molar-refractivity contribution in [2.75, 3.05) is 34.5 Å². The van der Waals surface area contributed by atoms with Gasteiger partial charge in [-0.25, -0.2) is 9.46 Å². The van der Waals surface area contributed by atoms with Crippen LogP contribution in [0.25, 0.3) is 0 Å². The van der Waals surface area contributed by atoms with Gasteiger partial charge >= 0.3 is 5.69 Å². The standard InChI is InChI=1S/C40H48IN4O9P/c1-26(2)45(27(3)4)55(52-23-11-22-42)54-35-34(53-38(36(35)50-7)44-24-33(41)37(46)43-39(44)47)25-51-40(28-12-9-8-10-13-28,29-14-18-31(48-5)19-15-29)30-16-20-32(49-6)21-17-30/h8-10,12-21,24,26-27,34-36,38H,11,23,25H2,1-7H3,(H,43,46,47)/t34-,35+,36-,38-,55?/m1/s1. The maximum atomic E-state index is 13.3. The summed E-state index contributed by atoms with van der Waals surface area (Å²) in [5, 5.41) is 9.35. The lowest BCUT2D eigenvalue weighted by atomic mass is 9.80. The van der Waals surface area contributed by atoms with Crippen LogP contribution in [0.2, 0.25) is 0 Å². The Kier molecular flexibility index (Phi) is 15.0. The molecule has 1 fully saturated rings. The molecule has 1 unspecified atom stereocenters. The molecule has 1 N–H and O–H groups in total. The van der Waals surface area contributed by atoms with Crippen LogP contribution >= 0.6 is 31.1 Å². The van der Waals surface area contributed by atoms with Crippen LogP contribution in [0, 0.1) is 14.9 Å². The van der Waals surface area contributed by atoms with Gasteiger partial charge in [-0.2, -0.15) is 5.26 Å². The molecule has 15 heteroatoms. The molecular formula is C40H48IN4O9P. The third-order valence-corrected chi connectivity index (χ3v) is 12.2. The van der Waals surface area contributed by atoms with Crippen molar-refractivity contribution in [3.8, 4) is 17.6 Å². The lowest BCUT2D eigenvalue weighted by Gasteiger charge is -2.39. The normalized spacial score (nSPS) is 19.2. The highest BCUT2D eigenvalue weighted by atomic mass is 127. The van der Waals surface area contributed by atoms with E-state index in [2.05, 4.69) is 43.4 Å². The van der Waals surface area contributed by atoms with E-state index in [-0.39, 0.29) is 31.7 Å². The van der Waals surface area contributed by atoms with Gasteiger partial charge in [0.15, 0.2) is 6.23 Å². The van der Waals surface area contributed by atoms with Gasteiger partial charge < -0.3 is 32.7 Å². The number of H-pyrrole nitrogens is 1. The van der Waals surface area contributed by atoms with E-state index < -0.39 is 49.9 Å². The number of aromatic amines is 1. The van der Waals surface area contributed by atoms with Crippen LogP contribution in [-0.2, 0) is 28.9 Å². The zero-order valence-corrected chi connectivity index (χ0v) is 35.1. The number of nitriles is 1. The molecule has 0 radical (unpaired) electrons. The van der Waals surface area contributed by atoms with Gasteiger partial charge in [-0.05, 0) is 91.2 Å².